The van der Waals surface area contributed by atoms with Gasteiger partial charge in [-0.3, -0.25) is 0 Å². The molecule has 0 aliphatic carbocycles. The van der Waals surface area contributed by atoms with Crippen molar-refractivity contribution in [1.82, 2.24) is 5.32 Å². The lowest BCUT2D eigenvalue weighted by atomic mass is 9.88. The van der Waals surface area contributed by atoms with Crippen molar-refractivity contribution in [2.24, 2.45) is 5.92 Å². The zero-order valence-corrected chi connectivity index (χ0v) is 11.1. The van der Waals surface area contributed by atoms with Crippen LogP contribution in [-0.4, -0.2) is 24.8 Å². The summed E-state index contributed by atoms with van der Waals surface area (Å²) in [4.78, 5) is 0. The van der Waals surface area contributed by atoms with Gasteiger partial charge < -0.3 is 15.2 Å². The van der Waals surface area contributed by atoms with Gasteiger partial charge in [-0.1, -0.05) is 25.1 Å². The smallest absolute Gasteiger partial charge is 0.125 e. The Labute approximate surface area is 109 Å². The van der Waals surface area contributed by atoms with Gasteiger partial charge in [0.1, 0.15) is 5.75 Å². The summed E-state index contributed by atoms with van der Waals surface area (Å²) in [5, 5.41) is 13.8. The highest BCUT2D eigenvalue weighted by atomic mass is 16.5. The molecule has 1 aliphatic rings. The predicted molar refractivity (Wildman–Crippen MR) is 72.8 cm³/mol. The van der Waals surface area contributed by atoms with Crippen LogP contribution < -0.4 is 10.1 Å². The topological polar surface area (TPSA) is 41.5 Å². The molecule has 1 heterocycles. The Hall–Kier alpha value is -1.06. The van der Waals surface area contributed by atoms with Gasteiger partial charge in [0.25, 0.3) is 0 Å². The third-order valence-electron chi connectivity index (χ3n) is 3.53. The number of ether oxygens (including phenoxy) is 1. The Morgan fingerprint density at radius 1 is 1.33 bits per heavy atom. The van der Waals surface area contributed by atoms with Gasteiger partial charge in [-0.05, 0) is 44.3 Å². The van der Waals surface area contributed by atoms with Crippen LogP contribution in [0.1, 0.15) is 37.9 Å². The van der Waals surface area contributed by atoms with E-state index in [0.717, 1.165) is 43.7 Å². The van der Waals surface area contributed by atoms with Gasteiger partial charge in [0.05, 0.1) is 12.7 Å². The molecule has 0 aromatic heterocycles. The van der Waals surface area contributed by atoms with Crippen LogP contribution in [0, 0.1) is 5.92 Å². The zero-order valence-electron chi connectivity index (χ0n) is 11.1. The molecule has 0 amide bonds. The van der Waals surface area contributed by atoms with Gasteiger partial charge in [-0.25, -0.2) is 0 Å². The van der Waals surface area contributed by atoms with Gasteiger partial charge in [0.2, 0.25) is 0 Å². The SMILES string of the molecule is CCCOc1ccccc1C(O)C1CCNCC1. The van der Waals surface area contributed by atoms with E-state index in [9.17, 15) is 5.11 Å². The maximum absolute atomic E-state index is 10.5. The van der Waals surface area contributed by atoms with Crippen molar-refractivity contribution < 1.29 is 9.84 Å². The summed E-state index contributed by atoms with van der Waals surface area (Å²) in [5.41, 5.74) is 0.942. The molecule has 1 unspecified atom stereocenters. The lowest BCUT2D eigenvalue weighted by Crippen LogP contribution is -2.31. The summed E-state index contributed by atoms with van der Waals surface area (Å²) in [7, 11) is 0. The van der Waals surface area contributed by atoms with Crippen LogP contribution in [0.2, 0.25) is 0 Å². The first-order valence-electron chi connectivity index (χ1n) is 6.93. The summed E-state index contributed by atoms with van der Waals surface area (Å²) in [5.74, 6) is 1.18. The minimum atomic E-state index is -0.403. The van der Waals surface area contributed by atoms with E-state index in [1.54, 1.807) is 0 Å². The highest BCUT2D eigenvalue weighted by molar-refractivity contribution is 5.35. The van der Waals surface area contributed by atoms with Crippen LogP contribution in [0.5, 0.6) is 5.75 Å². The largest absolute Gasteiger partial charge is 0.493 e. The maximum Gasteiger partial charge on any atom is 0.125 e. The fourth-order valence-corrected chi connectivity index (χ4v) is 2.48. The number of nitrogens with one attached hydrogen (secondary N) is 1. The van der Waals surface area contributed by atoms with E-state index in [1.165, 1.54) is 0 Å². The number of hydrogen-bond acceptors (Lipinski definition) is 3. The van der Waals surface area contributed by atoms with E-state index >= 15 is 0 Å². The third-order valence-corrected chi connectivity index (χ3v) is 3.53. The molecule has 1 saturated heterocycles. The molecular formula is C15H23NO2. The molecule has 18 heavy (non-hydrogen) atoms. The lowest BCUT2D eigenvalue weighted by Gasteiger charge is -2.28. The molecule has 1 aromatic carbocycles. The Balaban J connectivity index is 2.10. The van der Waals surface area contributed by atoms with Gasteiger partial charge >= 0.3 is 0 Å². The number of piperidine rings is 1. The second-order valence-corrected chi connectivity index (χ2v) is 4.92. The molecule has 0 spiro atoms. The Morgan fingerprint density at radius 2 is 2.06 bits per heavy atom. The van der Waals surface area contributed by atoms with Crippen LogP contribution in [0.3, 0.4) is 0 Å². The summed E-state index contributed by atoms with van der Waals surface area (Å²) in [6, 6.07) is 7.87. The molecule has 0 bridgehead atoms. The number of benzene rings is 1. The number of hydrogen-bond donors (Lipinski definition) is 2. The summed E-state index contributed by atoms with van der Waals surface area (Å²) in [6.45, 7) is 4.79. The second kappa shape index (κ2) is 6.76. The quantitative estimate of drug-likeness (QED) is 0.842. The Bertz CT molecular complexity index is 361. The van der Waals surface area contributed by atoms with Crippen molar-refractivity contribution in [3.8, 4) is 5.75 Å². The van der Waals surface area contributed by atoms with Gasteiger partial charge in [0, 0.05) is 5.56 Å². The Kier molecular flexibility index (Phi) is 5.02. The summed E-state index contributed by atoms with van der Waals surface area (Å²) in [6.07, 6.45) is 2.64. The van der Waals surface area contributed by atoms with E-state index < -0.39 is 6.10 Å². The fraction of sp³-hybridized carbons (Fsp3) is 0.600. The van der Waals surface area contributed by atoms with Crippen LogP contribution >= 0.6 is 0 Å². The summed E-state index contributed by atoms with van der Waals surface area (Å²) < 4.78 is 5.72. The zero-order chi connectivity index (χ0) is 12.8. The molecule has 0 saturated carbocycles. The van der Waals surface area contributed by atoms with Crippen molar-refractivity contribution >= 4 is 0 Å². The van der Waals surface area contributed by atoms with E-state index in [0.29, 0.717) is 12.5 Å². The standard InChI is InChI=1S/C15H23NO2/c1-2-11-18-14-6-4-3-5-13(14)15(17)12-7-9-16-10-8-12/h3-6,12,15-17H,2,7-11H2,1H3. The first-order chi connectivity index (χ1) is 8.83. The molecular weight excluding hydrogens is 226 g/mol. The van der Waals surface area contributed by atoms with Crippen LogP contribution in [-0.2, 0) is 0 Å². The second-order valence-electron chi connectivity index (χ2n) is 4.92. The molecule has 100 valence electrons. The lowest BCUT2D eigenvalue weighted by molar-refractivity contribution is 0.0856. The molecule has 0 radical (unpaired) electrons. The van der Waals surface area contributed by atoms with E-state index in [1.807, 2.05) is 24.3 Å². The van der Waals surface area contributed by atoms with Gasteiger partial charge in [-0.2, -0.15) is 0 Å². The summed E-state index contributed by atoms with van der Waals surface area (Å²) >= 11 is 0. The first kappa shape index (κ1) is 13.4. The van der Waals surface area contributed by atoms with E-state index in [4.69, 9.17) is 4.74 Å². The average molecular weight is 249 g/mol. The predicted octanol–water partition coefficient (Wildman–Crippen LogP) is 2.51. The fourth-order valence-electron chi connectivity index (χ4n) is 2.48. The van der Waals surface area contributed by atoms with Gasteiger partial charge in [-0.15, -0.1) is 0 Å². The third kappa shape index (κ3) is 3.24. The molecule has 2 N–H and O–H groups in total. The number of rotatable bonds is 5. The monoisotopic (exact) mass is 249 g/mol. The number of aliphatic hydroxyl groups excluding tert-OH is 1. The molecule has 1 aliphatic heterocycles. The van der Waals surface area contributed by atoms with Crippen molar-refractivity contribution in [1.29, 1.82) is 0 Å². The minimum absolute atomic E-state index is 0.345. The van der Waals surface area contributed by atoms with Crippen molar-refractivity contribution in [2.75, 3.05) is 19.7 Å². The number of aliphatic hydroxyl groups is 1. The van der Waals surface area contributed by atoms with Crippen molar-refractivity contribution in [2.45, 2.75) is 32.3 Å². The average Bonchev–Trinajstić information content (AvgIpc) is 2.45. The molecule has 3 heteroatoms. The molecule has 2 rings (SSSR count). The highest BCUT2D eigenvalue weighted by Gasteiger charge is 2.25. The van der Waals surface area contributed by atoms with Crippen LogP contribution in [0.15, 0.2) is 24.3 Å². The minimum Gasteiger partial charge on any atom is -0.493 e. The van der Waals surface area contributed by atoms with Crippen LogP contribution in [0.4, 0.5) is 0 Å². The van der Waals surface area contributed by atoms with E-state index in [2.05, 4.69) is 12.2 Å². The molecule has 1 fully saturated rings. The Morgan fingerprint density at radius 3 is 2.78 bits per heavy atom. The van der Waals surface area contributed by atoms with Crippen molar-refractivity contribution in [3.05, 3.63) is 29.8 Å². The molecule has 1 atom stereocenters. The number of para-hydroxylation sites is 1. The van der Waals surface area contributed by atoms with Gasteiger partial charge in [0.15, 0.2) is 0 Å². The van der Waals surface area contributed by atoms with Crippen molar-refractivity contribution in [3.63, 3.8) is 0 Å². The maximum atomic E-state index is 10.5. The van der Waals surface area contributed by atoms with E-state index in [-0.39, 0.29) is 0 Å². The highest BCUT2D eigenvalue weighted by Crippen LogP contribution is 2.34. The molecule has 1 aromatic rings. The first-order valence-corrected chi connectivity index (χ1v) is 6.93. The normalized spacial score (nSPS) is 18.6. The molecule has 3 nitrogen and oxygen atoms in total. The van der Waals surface area contributed by atoms with Crippen LogP contribution in [0.25, 0.3) is 0 Å².